The van der Waals surface area contributed by atoms with Gasteiger partial charge in [-0.15, -0.1) is 0 Å². The Hall–Kier alpha value is -1.94. The predicted molar refractivity (Wildman–Crippen MR) is 358 cm³/mol. The van der Waals surface area contributed by atoms with E-state index in [0.29, 0.717) is 31.6 Å². The van der Waals surface area contributed by atoms with Crippen molar-refractivity contribution in [1.82, 2.24) is 0 Å². The van der Waals surface area contributed by atoms with Crippen LogP contribution < -0.4 is 0 Å². The first-order valence-electron chi connectivity index (χ1n) is 36.3. The summed E-state index contributed by atoms with van der Waals surface area (Å²) in [5, 5.41) is 10.6. The lowest BCUT2D eigenvalue weighted by molar-refractivity contribution is -0.161. The Morgan fingerprint density at radius 1 is 0.303 bits per heavy atom. The van der Waals surface area contributed by atoms with Crippen LogP contribution in [0.3, 0.4) is 0 Å². The number of carbonyl (C=O) groups excluding carboxylic acids is 4. The maximum absolute atomic E-state index is 13.0. The molecule has 5 atom stereocenters. The van der Waals surface area contributed by atoms with Crippen LogP contribution >= 0.6 is 15.6 Å². The van der Waals surface area contributed by atoms with Gasteiger partial charge >= 0.3 is 39.5 Å². The fourth-order valence-corrected chi connectivity index (χ4v) is 12.1. The molecule has 0 aliphatic rings. The minimum absolute atomic E-state index is 0.106. The van der Waals surface area contributed by atoms with Gasteiger partial charge in [-0.05, 0) is 43.4 Å². The Labute approximate surface area is 543 Å². The number of rotatable bonds is 68. The van der Waals surface area contributed by atoms with Crippen LogP contribution in [0.15, 0.2) is 0 Å². The molecule has 0 spiro atoms. The van der Waals surface area contributed by atoms with Crippen LogP contribution in [0.5, 0.6) is 0 Å². The summed E-state index contributed by atoms with van der Waals surface area (Å²) in [5.41, 5.74) is 0. The molecular weight excluding hydrogens is 1170 g/mol. The molecule has 0 aliphatic heterocycles. The summed E-state index contributed by atoms with van der Waals surface area (Å²) in [6.07, 6.45) is 44.5. The van der Waals surface area contributed by atoms with E-state index in [1.807, 2.05) is 0 Å². The molecule has 19 heteroatoms. The molecule has 89 heavy (non-hydrogen) atoms. The number of esters is 4. The number of hydrogen-bond donors (Lipinski definition) is 3. The Balaban J connectivity index is 5.23. The van der Waals surface area contributed by atoms with Gasteiger partial charge in [0.1, 0.15) is 19.3 Å². The van der Waals surface area contributed by atoms with Gasteiger partial charge in [0.15, 0.2) is 12.2 Å². The first-order valence-corrected chi connectivity index (χ1v) is 39.3. The molecule has 0 heterocycles. The van der Waals surface area contributed by atoms with Crippen molar-refractivity contribution in [3.63, 3.8) is 0 Å². The van der Waals surface area contributed by atoms with Crippen molar-refractivity contribution < 1.29 is 80.2 Å². The normalized spacial score (nSPS) is 14.2. The van der Waals surface area contributed by atoms with E-state index in [0.717, 1.165) is 108 Å². The largest absolute Gasteiger partial charge is 0.472 e. The lowest BCUT2D eigenvalue weighted by Crippen LogP contribution is -2.30. The number of unbranched alkanes of at least 4 members (excludes halogenated alkanes) is 36. The van der Waals surface area contributed by atoms with Crippen LogP contribution in [0.1, 0.15) is 350 Å². The summed E-state index contributed by atoms with van der Waals surface area (Å²) >= 11 is 0. The zero-order valence-electron chi connectivity index (χ0n) is 57.9. The highest BCUT2D eigenvalue weighted by molar-refractivity contribution is 7.47. The molecule has 0 aliphatic carbocycles. The molecule has 0 fully saturated rings. The fourth-order valence-electron chi connectivity index (χ4n) is 10.5. The average Bonchev–Trinajstić information content (AvgIpc) is 3.59. The molecule has 0 aromatic rings. The van der Waals surface area contributed by atoms with Crippen molar-refractivity contribution in [3.05, 3.63) is 0 Å². The van der Waals surface area contributed by atoms with Gasteiger partial charge in [-0.1, -0.05) is 299 Å². The van der Waals surface area contributed by atoms with Crippen LogP contribution in [-0.4, -0.2) is 96.7 Å². The molecule has 0 aromatic carbocycles. The van der Waals surface area contributed by atoms with E-state index in [-0.39, 0.29) is 25.7 Å². The van der Waals surface area contributed by atoms with E-state index >= 15 is 0 Å². The number of aliphatic hydroxyl groups is 1. The minimum atomic E-state index is -4.95. The second-order valence-corrected chi connectivity index (χ2v) is 29.6. The van der Waals surface area contributed by atoms with Crippen molar-refractivity contribution in [2.45, 2.75) is 369 Å². The SMILES string of the molecule is CCCCCCCCCCCCCC(=O)O[C@H](COC(=O)CCCCCCCCCC(C)C)COP(=O)(O)OC[C@H](O)COP(=O)(O)OC[C@@H](COC(=O)CCCCCCCCCCC(C)C)OC(=O)CCCCCCCCCCCCCCCCC(C)C. The molecular formula is C70H136O17P2. The third-order valence-corrected chi connectivity index (χ3v) is 18.0. The van der Waals surface area contributed by atoms with E-state index in [9.17, 15) is 43.2 Å². The van der Waals surface area contributed by atoms with Crippen molar-refractivity contribution in [2.24, 2.45) is 17.8 Å². The maximum atomic E-state index is 13.0. The molecule has 17 nitrogen and oxygen atoms in total. The highest BCUT2D eigenvalue weighted by atomic mass is 31.2. The lowest BCUT2D eigenvalue weighted by Gasteiger charge is -2.21. The number of carbonyl (C=O) groups is 4. The third-order valence-electron chi connectivity index (χ3n) is 16.1. The van der Waals surface area contributed by atoms with Crippen molar-refractivity contribution in [3.8, 4) is 0 Å². The van der Waals surface area contributed by atoms with Gasteiger partial charge < -0.3 is 33.8 Å². The number of phosphoric acid groups is 2. The van der Waals surface area contributed by atoms with E-state index in [4.69, 9.17) is 37.0 Å². The maximum Gasteiger partial charge on any atom is 0.472 e. The topological polar surface area (TPSA) is 237 Å². The molecule has 0 rings (SSSR count). The Bertz CT molecular complexity index is 1750. The summed E-state index contributed by atoms with van der Waals surface area (Å²) in [6.45, 7) is 11.8. The van der Waals surface area contributed by atoms with Crippen LogP contribution in [0.4, 0.5) is 0 Å². The molecule has 0 radical (unpaired) electrons. The van der Waals surface area contributed by atoms with Gasteiger partial charge in [0.2, 0.25) is 0 Å². The number of aliphatic hydroxyl groups excluding tert-OH is 1. The third kappa shape index (κ3) is 64.6. The van der Waals surface area contributed by atoms with Crippen LogP contribution in [0.25, 0.3) is 0 Å². The van der Waals surface area contributed by atoms with Crippen molar-refractivity contribution in [2.75, 3.05) is 39.6 Å². The number of phosphoric ester groups is 2. The number of ether oxygens (including phenoxy) is 4. The summed E-state index contributed by atoms with van der Waals surface area (Å²) in [6, 6.07) is 0. The van der Waals surface area contributed by atoms with Crippen molar-refractivity contribution in [1.29, 1.82) is 0 Å². The van der Waals surface area contributed by atoms with Crippen LogP contribution in [-0.2, 0) is 65.4 Å². The molecule has 528 valence electrons. The number of hydrogen-bond acceptors (Lipinski definition) is 15. The zero-order valence-corrected chi connectivity index (χ0v) is 59.7. The molecule has 2 unspecified atom stereocenters. The highest BCUT2D eigenvalue weighted by Crippen LogP contribution is 2.45. The second kappa shape index (κ2) is 61.0. The first-order chi connectivity index (χ1) is 42.7. The minimum Gasteiger partial charge on any atom is -0.462 e. The smallest absolute Gasteiger partial charge is 0.462 e. The molecule has 0 saturated heterocycles. The fraction of sp³-hybridized carbons (Fsp3) is 0.943. The Morgan fingerprint density at radius 3 is 0.764 bits per heavy atom. The van der Waals surface area contributed by atoms with Crippen molar-refractivity contribution >= 4 is 39.5 Å². The van der Waals surface area contributed by atoms with E-state index < -0.39 is 97.5 Å². The van der Waals surface area contributed by atoms with E-state index in [1.165, 1.54) is 154 Å². The molecule has 0 amide bonds. The van der Waals surface area contributed by atoms with Gasteiger partial charge in [-0.2, -0.15) is 0 Å². The molecule has 0 aromatic heterocycles. The molecule has 0 saturated carbocycles. The van der Waals surface area contributed by atoms with Crippen LogP contribution in [0, 0.1) is 17.8 Å². The van der Waals surface area contributed by atoms with Crippen LogP contribution in [0.2, 0.25) is 0 Å². The van der Waals surface area contributed by atoms with Gasteiger partial charge in [0.25, 0.3) is 0 Å². The lowest BCUT2D eigenvalue weighted by atomic mass is 10.0. The Kier molecular flexibility index (Phi) is 59.6. The summed E-state index contributed by atoms with van der Waals surface area (Å²) in [7, 11) is -9.90. The van der Waals surface area contributed by atoms with Gasteiger partial charge in [-0.25, -0.2) is 9.13 Å². The highest BCUT2D eigenvalue weighted by Gasteiger charge is 2.30. The molecule has 0 bridgehead atoms. The summed E-state index contributed by atoms with van der Waals surface area (Å²) < 4.78 is 68.2. The zero-order chi connectivity index (χ0) is 65.9. The van der Waals surface area contributed by atoms with Gasteiger partial charge in [0, 0.05) is 25.7 Å². The van der Waals surface area contributed by atoms with E-state index in [1.54, 1.807) is 0 Å². The quantitative estimate of drug-likeness (QED) is 0.0222. The standard InChI is InChI=1S/C70H136O17P2/c1-8-9-10-11-12-13-18-22-31-39-46-53-69(74)87-66(58-81-68(73)52-45-38-33-26-29-36-43-50-63(6)7)60-85-89(78,79)83-56-64(71)55-82-88(76,77)84-59-65(57-80-67(72)51-44-37-30-25-24-28-35-42-49-62(4)5)86-70(75)54-47-40-32-23-20-17-15-14-16-19-21-27-34-41-48-61(2)3/h61-66,71H,8-60H2,1-7H3,(H,76,77)(H,78,79)/t64-,65-,66-/m1/s1. The first kappa shape index (κ1) is 87.1. The van der Waals surface area contributed by atoms with Gasteiger partial charge in [0.05, 0.1) is 26.4 Å². The monoisotopic (exact) mass is 1310 g/mol. The van der Waals surface area contributed by atoms with E-state index in [2.05, 4.69) is 48.5 Å². The second-order valence-electron chi connectivity index (χ2n) is 26.7. The molecule has 3 N–H and O–H groups in total. The average molecular weight is 1310 g/mol. The van der Waals surface area contributed by atoms with Gasteiger partial charge in [-0.3, -0.25) is 37.3 Å². The summed E-state index contributed by atoms with van der Waals surface area (Å²) in [4.78, 5) is 72.5. The Morgan fingerprint density at radius 2 is 0.517 bits per heavy atom. The summed E-state index contributed by atoms with van der Waals surface area (Å²) in [5.74, 6) is 0.0996. The predicted octanol–water partition coefficient (Wildman–Crippen LogP) is 19.8.